The second kappa shape index (κ2) is 13.5. The van der Waals surface area contributed by atoms with Crippen molar-refractivity contribution in [3.05, 3.63) is 120 Å². The normalized spacial score (nSPS) is 10.8. The van der Waals surface area contributed by atoms with Crippen LogP contribution in [0.15, 0.2) is 97.2 Å². The Morgan fingerprint density at radius 3 is 1.93 bits per heavy atom. The number of amides is 2. The van der Waals surface area contributed by atoms with Crippen molar-refractivity contribution in [2.24, 2.45) is 0 Å². The average molecular weight is 540 g/mol. The Bertz CT molecular complexity index is 1380. The number of rotatable bonds is 12. The van der Waals surface area contributed by atoms with Gasteiger partial charge >= 0.3 is 0 Å². The summed E-state index contributed by atoms with van der Waals surface area (Å²) in [6.07, 6.45) is 2.03. The number of nitrogens with zero attached hydrogens (tertiary/aromatic N) is 3. The lowest BCUT2D eigenvalue weighted by atomic mass is 10.1. The number of aromatic nitrogens is 1. The van der Waals surface area contributed by atoms with Crippen LogP contribution in [0.2, 0.25) is 0 Å². The first-order valence-corrected chi connectivity index (χ1v) is 13.4. The Morgan fingerprint density at radius 1 is 0.750 bits per heavy atom. The molecule has 208 valence electrons. The molecule has 0 bridgehead atoms. The molecule has 1 aromatic heterocycles. The number of hydrogen-bond acceptors (Lipinski definition) is 4. The Hall–Kier alpha value is -4.52. The maximum absolute atomic E-state index is 14.0. The first kappa shape index (κ1) is 28.5. The van der Waals surface area contributed by atoms with Crippen LogP contribution in [0.3, 0.4) is 0 Å². The summed E-state index contributed by atoms with van der Waals surface area (Å²) in [6.45, 7) is 5.27. The summed E-state index contributed by atoms with van der Waals surface area (Å²) in [5.74, 6) is 0.349. The molecule has 0 saturated heterocycles. The summed E-state index contributed by atoms with van der Waals surface area (Å²) < 4.78 is 13.1. The Morgan fingerprint density at radius 2 is 1.35 bits per heavy atom. The second-order valence-corrected chi connectivity index (χ2v) is 9.91. The van der Waals surface area contributed by atoms with Crippen LogP contribution in [-0.4, -0.2) is 53.0 Å². The minimum atomic E-state index is -0.315. The zero-order chi connectivity index (χ0) is 28.5. The van der Waals surface area contributed by atoms with Crippen molar-refractivity contribution in [3.63, 3.8) is 0 Å². The van der Waals surface area contributed by atoms with E-state index in [9.17, 15) is 9.59 Å². The van der Waals surface area contributed by atoms with Crippen LogP contribution < -0.4 is 9.47 Å². The molecule has 0 aliphatic heterocycles. The van der Waals surface area contributed by atoms with Gasteiger partial charge in [0.1, 0.15) is 23.6 Å². The number of carbonyl (C=O) groups is 2. The minimum Gasteiger partial charge on any atom is -0.496 e. The van der Waals surface area contributed by atoms with Gasteiger partial charge in [0.25, 0.3) is 5.91 Å². The molecule has 0 fully saturated rings. The van der Waals surface area contributed by atoms with Gasteiger partial charge in [0.05, 0.1) is 20.8 Å². The first-order valence-electron chi connectivity index (χ1n) is 13.4. The van der Waals surface area contributed by atoms with Crippen molar-refractivity contribution < 1.29 is 19.1 Å². The van der Waals surface area contributed by atoms with E-state index in [1.165, 1.54) is 19.8 Å². The van der Waals surface area contributed by atoms with Gasteiger partial charge in [-0.25, -0.2) is 0 Å². The smallest absolute Gasteiger partial charge is 0.262 e. The molecular weight excluding hydrogens is 502 g/mol. The van der Waals surface area contributed by atoms with E-state index in [0.717, 1.165) is 11.3 Å². The number of methoxy groups -OCH3 is 2. The summed E-state index contributed by atoms with van der Waals surface area (Å²) in [5.41, 5.74) is 3.52. The molecule has 2 amide bonds. The lowest BCUT2D eigenvalue weighted by Gasteiger charge is -2.31. The highest BCUT2D eigenvalue weighted by atomic mass is 16.5. The number of benzene rings is 3. The van der Waals surface area contributed by atoms with Crippen LogP contribution >= 0.6 is 0 Å². The van der Waals surface area contributed by atoms with Gasteiger partial charge in [-0.3, -0.25) is 9.59 Å². The van der Waals surface area contributed by atoms with Gasteiger partial charge in [0, 0.05) is 31.0 Å². The van der Waals surface area contributed by atoms with Crippen LogP contribution in [0.5, 0.6) is 11.5 Å². The zero-order valence-corrected chi connectivity index (χ0v) is 23.6. The second-order valence-electron chi connectivity index (χ2n) is 9.91. The highest BCUT2D eigenvalue weighted by Crippen LogP contribution is 2.30. The molecule has 0 N–H and O–H groups in total. The van der Waals surface area contributed by atoms with Gasteiger partial charge in [-0.2, -0.15) is 0 Å². The van der Waals surface area contributed by atoms with Gasteiger partial charge < -0.3 is 23.8 Å². The predicted octanol–water partition coefficient (Wildman–Crippen LogP) is 5.63. The molecule has 0 atom stereocenters. The van der Waals surface area contributed by atoms with Crippen molar-refractivity contribution in [1.29, 1.82) is 0 Å². The van der Waals surface area contributed by atoms with E-state index in [4.69, 9.17) is 9.47 Å². The van der Waals surface area contributed by atoms with E-state index in [-0.39, 0.29) is 24.4 Å². The van der Waals surface area contributed by atoms with Crippen molar-refractivity contribution >= 4 is 11.8 Å². The summed E-state index contributed by atoms with van der Waals surface area (Å²) in [6, 6.07) is 29.2. The maximum atomic E-state index is 14.0. The molecule has 0 saturated carbocycles. The minimum absolute atomic E-state index is 0.0794. The Labute approximate surface area is 236 Å². The van der Waals surface area contributed by atoms with Crippen molar-refractivity contribution in [3.8, 4) is 11.5 Å². The average Bonchev–Trinajstić information content (AvgIpc) is 3.41. The predicted molar refractivity (Wildman–Crippen MR) is 156 cm³/mol. The molecule has 7 nitrogen and oxygen atoms in total. The van der Waals surface area contributed by atoms with E-state index >= 15 is 0 Å². The lowest BCUT2D eigenvalue weighted by Crippen LogP contribution is -2.45. The van der Waals surface area contributed by atoms with E-state index in [2.05, 4.69) is 16.7 Å². The SMILES string of the molecule is COc1cccc(OC)c1C(=O)N(CC(=O)N(Cc1ccccc1)Cc1cccn1Cc1ccccc1)C(C)C. The topological polar surface area (TPSA) is 64.0 Å². The molecule has 4 rings (SSSR count). The summed E-state index contributed by atoms with van der Waals surface area (Å²) in [4.78, 5) is 31.2. The molecule has 0 aliphatic rings. The maximum Gasteiger partial charge on any atom is 0.262 e. The molecule has 0 aliphatic carbocycles. The zero-order valence-electron chi connectivity index (χ0n) is 23.6. The highest BCUT2D eigenvalue weighted by molar-refractivity contribution is 6.01. The monoisotopic (exact) mass is 539 g/mol. The Balaban J connectivity index is 1.61. The number of hydrogen-bond donors (Lipinski definition) is 0. The van der Waals surface area contributed by atoms with E-state index in [0.29, 0.717) is 36.7 Å². The van der Waals surface area contributed by atoms with Gasteiger partial charge in [0.2, 0.25) is 5.91 Å². The first-order chi connectivity index (χ1) is 19.4. The van der Waals surface area contributed by atoms with Gasteiger partial charge in [-0.05, 0) is 49.2 Å². The molecule has 7 heteroatoms. The van der Waals surface area contributed by atoms with Crippen molar-refractivity contribution in [1.82, 2.24) is 14.4 Å². The third kappa shape index (κ3) is 6.91. The van der Waals surface area contributed by atoms with Crippen LogP contribution in [0.4, 0.5) is 0 Å². The Kier molecular flexibility index (Phi) is 9.62. The number of carbonyl (C=O) groups excluding carboxylic acids is 2. The van der Waals surface area contributed by atoms with Crippen molar-refractivity contribution in [2.45, 2.75) is 39.5 Å². The van der Waals surface area contributed by atoms with Crippen LogP contribution in [-0.2, 0) is 24.4 Å². The van der Waals surface area contributed by atoms with Crippen molar-refractivity contribution in [2.75, 3.05) is 20.8 Å². The summed E-state index contributed by atoms with van der Waals surface area (Å²) in [7, 11) is 3.03. The van der Waals surface area contributed by atoms with Crippen LogP contribution in [0.1, 0.15) is 41.0 Å². The molecule has 0 unspecified atom stereocenters. The quantitative estimate of drug-likeness (QED) is 0.234. The van der Waals surface area contributed by atoms with E-state index in [1.807, 2.05) is 85.6 Å². The lowest BCUT2D eigenvalue weighted by molar-refractivity contribution is -0.133. The highest BCUT2D eigenvalue weighted by Gasteiger charge is 2.29. The fourth-order valence-corrected chi connectivity index (χ4v) is 4.70. The molecule has 0 spiro atoms. The summed E-state index contributed by atoms with van der Waals surface area (Å²) in [5, 5.41) is 0. The largest absolute Gasteiger partial charge is 0.496 e. The van der Waals surface area contributed by atoms with Gasteiger partial charge in [0.15, 0.2) is 0 Å². The molecule has 3 aromatic carbocycles. The van der Waals surface area contributed by atoms with Crippen LogP contribution in [0.25, 0.3) is 0 Å². The summed E-state index contributed by atoms with van der Waals surface area (Å²) >= 11 is 0. The molecule has 1 heterocycles. The van der Waals surface area contributed by atoms with E-state index in [1.54, 1.807) is 23.1 Å². The van der Waals surface area contributed by atoms with Crippen LogP contribution in [0, 0.1) is 0 Å². The fraction of sp³-hybridized carbons (Fsp3) is 0.273. The molecule has 4 aromatic rings. The van der Waals surface area contributed by atoms with Gasteiger partial charge in [-0.1, -0.05) is 66.7 Å². The number of ether oxygens (including phenoxy) is 2. The van der Waals surface area contributed by atoms with E-state index < -0.39 is 0 Å². The van der Waals surface area contributed by atoms with Gasteiger partial charge in [-0.15, -0.1) is 0 Å². The third-order valence-electron chi connectivity index (χ3n) is 6.87. The standard InChI is InChI=1S/C33H37N3O4/c1-25(2)36(33(38)32-29(39-3)18-11-19-30(32)40-4)24-31(37)35(22-27-15-9-6-10-16-27)23-28-17-12-20-34(28)21-26-13-7-5-8-14-26/h5-20,25H,21-24H2,1-4H3. The fourth-order valence-electron chi connectivity index (χ4n) is 4.70. The molecule has 40 heavy (non-hydrogen) atoms. The molecular formula is C33H37N3O4. The third-order valence-corrected chi connectivity index (χ3v) is 6.87. The molecule has 0 radical (unpaired) electrons.